The zero-order valence-corrected chi connectivity index (χ0v) is 21.1. The van der Waals surface area contributed by atoms with Crippen molar-refractivity contribution in [1.82, 2.24) is 9.88 Å². The molecule has 5 rings (SSSR count). The van der Waals surface area contributed by atoms with Crippen LogP contribution in [0, 0.1) is 26.9 Å². The van der Waals surface area contributed by atoms with Gasteiger partial charge in [0.1, 0.15) is 4.70 Å². The summed E-state index contributed by atoms with van der Waals surface area (Å²) in [4.78, 5) is 31.7. The van der Waals surface area contributed by atoms with Crippen LogP contribution in [0.1, 0.15) is 42.4 Å². The maximum atomic E-state index is 13.2. The Kier molecular flexibility index (Phi) is 6.83. The summed E-state index contributed by atoms with van der Waals surface area (Å²) in [6.45, 7) is 3.99. The molecule has 0 amide bonds. The van der Waals surface area contributed by atoms with E-state index in [0.29, 0.717) is 35.9 Å². The van der Waals surface area contributed by atoms with Crippen LogP contribution in [0.2, 0.25) is 0 Å². The van der Waals surface area contributed by atoms with Gasteiger partial charge in [0.15, 0.2) is 5.13 Å². The summed E-state index contributed by atoms with van der Waals surface area (Å²) < 4.78 is 39.6. The van der Waals surface area contributed by atoms with E-state index in [1.807, 2.05) is 29.2 Å². The highest BCUT2D eigenvalue weighted by Gasteiger charge is 2.39. The molecule has 2 fully saturated rings. The van der Waals surface area contributed by atoms with Crippen LogP contribution in [0.15, 0.2) is 41.2 Å². The van der Waals surface area contributed by atoms with Gasteiger partial charge in [0, 0.05) is 25.7 Å². The summed E-state index contributed by atoms with van der Waals surface area (Å²) >= 11 is 0.899. The molecule has 0 aliphatic carbocycles. The van der Waals surface area contributed by atoms with Crippen molar-refractivity contribution in [3.63, 3.8) is 0 Å². The fourth-order valence-corrected chi connectivity index (χ4v) is 6.49. The van der Waals surface area contributed by atoms with Gasteiger partial charge < -0.3 is 4.90 Å². The molecule has 0 atom stereocenters. The first-order chi connectivity index (χ1) is 18.1. The van der Waals surface area contributed by atoms with Crippen molar-refractivity contribution >= 4 is 32.2 Å². The lowest BCUT2D eigenvalue weighted by Gasteiger charge is -2.47. The SMILES string of the molecule is N#Cc1ccc(CN2CCC3(CC2)CCN(c2nc(=O)c4cc(C(F)(F)F)cc([N+](=O)[O-])c4s2)CC3)cc1. The van der Waals surface area contributed by atoms with Crippen LogP contribution >= 0.6 is 11.3 Å². The number of rotatable bonds is 4. The highest BCUT2D eigenvalue weighted by molar-refractivity contribution is 7.22. The average molecular weight is 544 g/mol. The number of non-ortho nitro benzene ring substituents is 1. The summed E-state index contributed by atoms with van der Waals surface area (Å²) in [5.74, 6) is 0. The van der Waals surface area contributed by atoms with Gasteiger partial charge in [0.25, 0.3) is 11.2 Å². The maximum Gasteiger partial charge on any atom is 0.416 e. The quantitative estimate of drug-likeness (QED) is 0.323. The summed E-state index contributed by atoms with van der Waals surface area (Å²) in [5.41, 5.74) is -0.871. The predicted octanol–water partition coefficient (Wildman–Crippen LogP) is 5.34. The molecule has 198 valence electrons. The number of hydrogen-bond donors (Lipinski definition) is 0. The fraction of sp³-hybridized carbons (Fsp3) is 0.423. The highest BCUT2D eigenvalue weighted by Crippen LogP contribution is 2.44. The second-order valence-electron chi connectivity index (χ2n) is 10.0. The van der Waals surface area contributed by atoms with Gasteiger partial charge in [0.2, 0.25) is 0 Å². The number of aromatic nitrogens is 1. The maximum absolute atomic E-state index is 13.2. The minimum Gasteiger partial charge on any atom is -0.348 e. The van der Waals surface area contributed by atoms with Crippen LogP contribution < -0.4 is 10.5 Å². The van der Waals surface area contributed by atoms with Crippen LogP contribution in [-0.4, -0.2) is 41.0 Å². The number of likely N-dealkylation sites (tertiary alicyclic amines) is 1. The van der Waals surface area contributed by atoms with Gasteiger partial charge in [0.05, 0.1) is 27.5 Å². The van der Waals surface area contributed by atoms with Crippen LogP contribution in [0.3, 0.4) is 0 Å². The molecule has 1 spiro atoms. The van der Waals surface area contributed by atoms with E-state index in [-0.39, 0.29) is 15.5 Å². The normalized spacial score (nSPS) is 18.0. The molecular weight excluding hydrogens is 519 g/mol. The fourth-order valence-electron chi connectivity index (χ4n) is 5.38. The lowest BCUT2D eigenvalue weighted by Crippen LogP contribution is -2.46. The number of anilines is 1. The lowest BCUT2D eigenvalue weighted by atomic mass is 9.71. The third kappa shape index (κ3) is 5.21. The van der Waals surface area contributed by atoms with Crippen molar-refractivity contribution in [2.24, 2.45) is 5.41 Å². The Morgan fingerprint density at radius 1 is 1.08 bits per heavy atom. The van der Waals surface area contributed by atoms with Crippen molar-refractivity contribution in [3.05, 3.63) is 73.6 Å². The monoisotopic (exact) mass is 543 g/mol. The van der Waals surface area contributed by atoms with Crippen LogP contribution in [0.4, 0.5) is 24.0 Å². The number of nitro groups is 1. The first-order valence-electron chi connectivity index (χ1n) is 12.2. The predicted molar refractivity (Wildman–Crippen MR) is 137 cm³/mol. The van der Waals surface area contributed by atoms with E-state index in [2.05, 4.69) is 16.0 Å². The molecule has 0 N–H and O–H groups in total. The molecule has 8 nitrogen and oxygen atoms in total. The van der Waals surface area contributed by atoms with E-state index < -0.39 is 27.9 Å². The van der Waals surface area contributed by atoms with Crippen LogP contribution in [0.5, 0.6) is 0 Å². The van der Waals surface area contributed by atoms with E-state index in [0.717, 1.165) is 56.7 Å². The number of alkyl halides is 3. The topological polar surface area (TPSA) is 103 Å². The number of nitriles is 1. The molecule has 0 bridgehead atoms. The van der Waals surface area contributed by atoms with E-state index >= 15 is 0 Å². The zero-order chi connectivity index (χ0) is 27.1. The van der Waals surface area contributed by atoms with Gasteiger partial charge >= 0.3 is 6.18 Å². The van der Waals surface area contributed by atoms with Gasteiger partial charge in [-0.15, -0.1) is 0 Å². The number of benzene rings is 2. The lowest BCUT2D eigenvalue weighted by molar-refractivity contribution is -0.383. The third-order valence-electron chi connectivity index (χ3n) is 7.71. The molecule has 38 heavy (non-hydrogen) atoms. The second kappa shape index (κ2) is 9.96. The van der Waals surface area contributed by atoms with Gasteiger partial charge in [-0.25, -0.2) is 0 Å². The molecular formula is C26H24F3N5O3S. The van der Waals surface area contributed by atoms with Crippen molar-refractivity contribution in [1.29, 1.82) is 5.26 Å². The molecule has 1 aromatic heterocycles. The van der Waals surface area contributed by atoms with Crippen molar-refractivity contribution < 1.29 is 18.1 Å². The number of hydrogen-bond acceptors (Lipinski definition) is 8. The summed E-state index contributed by atoms with van der Waals surface area (Å²) in [6.07, 6.45) is -0.983. The zero-order valence-electron chi connectivity index (χ0n) is 20.3. The van der Waals surface area contributed by atoms with Crippen LogP contribution in [-0.2, 0) is 12.7 Å². The molecule has 3 heterocycles. The molecule has 0 saturated carbocycles. The highest BCUT2D eigenvalue weighted by atomic mass is 32.1. The van der Waals surface area contributed by atoms with Crippen LogP contribution in [0.25, 0.3) is 10.1 Å². The first kappa shape index (κ1) is 26.1. The molecule has 2 saturated heterocycles. The minimum atomic E-state index is -4.81. The summed E-state index contributed by atoms with van der Waals surface area (Å²) in [5, 5.41) is 20.4. The Labute approximate surface area is 220 Å². The molecule has 0 radical (unpaired) electrons. The molecule has 12 heteroatoms. The molecule has 2 aliphatic rings. The van der Waals surface area contributed by atoms with Crippen molar-refractivity contribution in [3.8, 4) is 6.07 Å². The molecule has 3 aromatic rings. The van der Waals surface area contributed by atoms with E-state index in [4.69, 9.17) is 5.26 Å². The van der Waals surface area contributed by atoms with Crippen molar-refractivity contribution in [2.75, 3.05) is 31.1 Å². The molecule has 2 aliphatic heterocycles. The smallest absolute Gasteiger partial charge is 0.348 e. The van der Waals surface area contributed by atoms with Gasteiger partial charge in [-0.05, 0) is 68.0 Å². The number of nitro benzene ring substituents is 1. The Balaban J connectivity index is 1.28. The Bertz CT molecular complexity index is 1460. The second-order valence-corrected chi connectivity index (χ2v) is 11.0. The Morgan fingerprint density at radius 2 is 1.71 bits per heavy atom. The standard InChI is InChI=1S/C26H24F3N5O3S/c27-26(28,29)19-13-20-22(21(14-19)34(36)37)38-24(31-23(20)35)33-11-7-25(8-12-33)5-9-32(10-6-25)16-18-3-1-17(15-30)2-4-18/h1-4,13-14H,5-12,16H2. The summed E-state index contributed by atoms with van der Waals surface area (Å²) in [7, 11) is 0. The molecule has 0 unspecified atom stereocenters. The van der Waals surface area contributed by atoms with Gasteiger partial charge in [-0.3, -0.25) is 19.8 Å². The average Bonchev–Trinajstić information content (AvgIpc) is 2.90. The Morgan fingerprint density at radius 3 is 2.29 bits per heavy atom. The molecule has 2 aromatic carbocycles. The number of piperidine rings is 2. The van der Waals surface area contributed by atoms with E-state index in [1.165, 1.54) is 5.56 Å². The van der Waals surface area contributed by atoms with Gasteiger partial charge in [-0.1, -0.05) is 23.5 Å². The third-order valence-corrected chi connectivity index (χ3v) is 8.88. The minimum absolute atomic E-state index is 0.0885. The van der Waals surface area contributed by atoms with E-state index in [9.17, 15) is 28.1 Å². The Hall–Kier alpha value is -3.56. The van der Waals surface area contributed by atoms with E-state index in [1.54, 1.807) is 0 Å². The number of fused-ring (bicyclic) bond motifs is 1. The number of nitrogens with zero attached hydrogens (tertiary/aromatic N) is 5. The first-order valence-corrected chi connectivity index (χ1v) is 13.1. The number of halogens is 3. The summed E-state index contributed by atoms with van der Waals surface area (Å²) in [6, 6.07) is 10.9. The van der Waals surface area contributed by atoms with Gasteiger partial charge in [-0.2, -0.15) is 23.4 Å². The van der Waals surface area contributed by atoms with Crippen molar-refractivity contribution in [2.45, 2.75) is 38.4 Å². The largest absolute Gasteiger partial charge is 0.416 e.